The lowest BCUT2D eigenvalue weighted by Gasteiger charge is -2.16. The summed E-state index contributed by atoms with van der Waals surface area (Å²) < 4.78 is 0. The number of hydrogen-bond donors (Lipinski definition) is 1. The molecule has 2 nitrogen and oxygen atoms in total. The summed E-state index contributed by atoms with van der Waals surface area (Å²) >= 11 is 3.38. The normalized spacial score (nSPS) is 12.3. The molecule has 0 radical (unpaired) electrons. The monoisotopic (exact) mass is 218 g/mol. The summed E-state index contributed by atoms with van der Waals surface area (Å²) in [7, 11) is 0. The minimum absolute atomic E-state index is 0.103. The second-order valence-electron chi connectivity index (χ2n) is 3.18. The molecule has 0 aliphatic carbocycles. The van der Waals surface area contributed by atoms with E-state index in [0.29, 0.717) is 5.82 Å². The topological polar surface area (TPSA) is 38.4 Å². The molecule has 0 amide bonds. The van der Waals surface area contributed by atoms with E-state index in [1.54, 1.807) is 0 Å². The minimum atomic E-state index is 0.103. The van der Waals surface area contributed by atoms with Crippen LogP contribution in [0.3, 0.4) is 0 Å². The lowest BCUT2D eigenvalue weighted by Crippen LogP contribution is -2.14. The van der Waals surface area contributed by atoms with Gasteiger partial charge in [0.15, 0.2) is 0 Å². The Morgan fingerprint density at radius 2 is 2.27 bits per heavy atom. The van der Waals surface area contributed by atoms with Crippen molar-refractivity contribution in [2.75, 3.05) is 5.33 Å². The van der Waals surface area contributed by atoms with Crippen molar-refractivity contribution in [3.05, 3.63) is 12.4 Å². The molecule has 0 aromatic carbocycles. The molecular weight excluding hydrogens is 204 g/mol. The molecule has 3 heteroatoms. The van der Waals surface area contributed by atoms with Crippen LogP contribution in [0.1, 0.15) is 20.3 Å². The van der Waals surface area contributed by atoms with E-state index < -0.39 is 0 Å². The summed E-state index contributed by atoms with van der Waals surface area (Å²) in [6, 6.07) is 0. The first kappa shape index (κ1) is 10.7. The van der Waals surface area contributed by atoms with Crippen molar-refractivity contribution in [2.24, 2.45) is 16.1 Å². The summed E-state index contributed by atoms with van der Waals surface area (Å²) in [4.78, 5) is 3.95. The van der Waals surface area contributed by atoms with Crippen LogP contribution in [0.25, 0.3) is 0 Å². The van der Waals surface area contributed by atoms with Crippen LogP contribution in [0, 0.1) is 5.41 Å². The maximum absolute atomic E-state index is 5.29. The van der Waals surface area contributed by atoms with E-state index in [2.05, 4.69) is 41.3 Å². The van der Waals surface area contributed by atoms with Gasteiger partial charge in [-0.2, -0.15) is 0 Å². The van der Waals surface area contributed by atoms with Crippen LogP contribution in [0.15, 0.2) is 17.4 Å². The second-order valence-corrected chi connectivity index (χ2v) is 3.97. The molecule has 0 atom stereocenters. The smallest absolute Gasteiger partial charge is 0.115 e. The van der Waals surface area contributed by atoms with Gasteiger partial charge >= 0.3 is 0 Å². The summed E-state index contributed by atoms with van der Waals surface area (Å²) in [6.07, 6.45) is 2.89. The molecule has 0 saturated carbocycles. The fourth-order valence-electron chi connectivity index (χ4n) is 0.566. The molecule has 0 heterocycles. The van der Waals surface area contributed by atoms with Gasteiger partial charge in [0.1, 0.15) is 5.82 Å². The van der Waals surface area contributed by atoms with Crippen LogP contribution in [-0.2, 0) is 0 Å². The van der Waals surface area contributed by atoms with Crippen molar-refractivity contribution in [3.8, 4) is 0 Å². The van der Waals surface area contributed by atoms with Crippen LogP contribution in [0.5, 0.6) is 0 Å². The largest absolute Gasteiger partial charge is 0.384 e. The van der Waals surface area contributed by atoms with Gasteiger partial charge in [-0.25, -0.2) is 4.99 Å². The van der Waals surface area contributed by atoms with Crippen molar-refractivity contribution >= 4 is 22.1 Å². The van der Waals surface area contributed by atoms with Crippen molar-refractivity contribution in [3.63, 3.8) is 0 Å². The Morgan fingerprint density at radius 1 is 1.73 bits per heavy atom. The number of nitrogens with zero attached hydrogens (tertiary/aromatic N) is 1. The summed E-state index contributed by atoms with van der Waals surface area (Å²) in [5, 5.41) is 0.975. The van der Waals surface area contributed by atoms with Gasteiger partial charge < -0.3 is 5.73 Å². The van der Waals surface area contributed by atoms with Gasteiger partial charge in [0.05, 0.1) is 0 Å². The van der Waals surface area contributed by atoms with Gasteiger partial charge in [0.2, 0.25) is 0 Å². The molecule has 0 unspecified atom stereocenters. The third-order valence-electron chi connectivity index (χ3n) is 1.32. The van der Waals surface area contributed by atoms with E-state index in [1.165, 1.54) is 0 Å². The molecule has 0 aliphatic rings. The third kappa shape index (κ3) is 6.10. The number of rotatable bonds is 4. The fourth-order valence-corrected chi connectivity index (χ4v) is 1.59. The van der Waals surface area contributed by atoms with E-state index in [0.717, 1.165) is 11.8 Å². The zero-order valence-electron chi connectivity index (χ0n) is 7.10. The second kappa shape index (κ2) is 4.54. The third-order valence-corrected chi connectivity index (χ3v) is 1.72. The maximum Gasteiger partial charge on any atom is 0.115 e. The molecule has 0 aromatic heterocycles. The molecule has 0 saturated heterocycles. The summed E-state index contributed by atoms with van der Waals surface area (Å²) in [5.74, 6) is 0.368. The van der Waals surface area contributed by atoms with Crippen molar-refractivity contribution in [2.45, 2.75) is 20.3 Å². The number of alkyl halides is 1. The fraction of sp³-hybridized carbons (Fsp3) is 0.625. The van der Waals surface area contributed by atoms with Crippen molar-refractivity contribution < 1.29 is 0 Å². The van der Waals surface area contributed by atoms with Gasteiger partial charge in [-0.1, -0.05) is 36.4 Å². The molecule has 64 valence electrons. The summed E-state index contributed by atoms with van der Waals surface area (Å²) in [5.41, 5.74) is 5.39. The van der Waals surface area contributed by atoms with E-state index in [-0.39, 0.29) is 5.41 Å². The van der Waals surface area contributed by atoms with E-state index in [4.69, 9.17) is 5.73 Å². The first-order valence-corrected chi connectivity index (χ1v) is 4.65. The van der Waals surface area contributed by atoms with Gasteiger partial charge in [-0.05, 0) is 6.42 Å². The van der Waals surface area contributed by atoms with Gasteiger partial charge in [0, 0.05) is 17.0 Å². The van der Waals surface area contributed by atoms with Gasteiger partial charge in [0.25, 0.3) is 0 Å². The number of nitrogens with two attached hydrogens (primary N) is 1. The van der Waals surface area contributed by atoms with Gasteiger partial charge in [-0.15, -0.1) is 0 Å². The Morgan fingerprint density at radius 3 is 2.64 bits per heavy atom. The highest BCUT2D eigenvalue weighted by Gasteiger charge is 2.12. The molecule has 0 rings (SSSR count). The summed E-state index contributed by atoms with van der Waals surface area (Å²) in [6.45, 7) is 7.71. The van der Waals surface area contributed by atoms with Crippen LogP contribution in [0.2, 0.25) is 0 Å². The predicted octanol–water partition coefficient (Wildman–Crippen LogP) is 2.30. The van der Waals surface area contributed by atoms with Crippen molar-refractivity contribution in [1.29, 1.82) is 0 Å². The highest BCUT2D eigenvalue weighted by atomic mass is 79.9. The van der Waals surface area contributed by atoms with E-state index >= 15 is 0 Å². The Labute approximate surface area is 76.7 Å². The molecule has 0 aliphatic heterocycles. The average Bonchev–Trinajstić information content (AvgIpc) is 1.84. The Balaban J connectivity index is 3.99. The van der Waals surface area contributed by atoms with Crippen LogP contribution in [0.4, 0.5) is 0 Å². The number of halogens is 1. The molecule has 2 N–H and O–H groups in total. The molecule has 11 heavy (non-hydrogen) atoms. The quantitative estimate of drug-likeness (QED) is 0.571. The van der Waals surface area contributed by atoms with Crippen LogP contribution in [-0.4, -0.2) is 11.5 Å². The average molecular weight is 219 g/mol. The molecular formula is C8H15BrN2. The molecule has 0 bridgehead atoms. The Kier molecular flexibility index (Phi) is 4.42. The Bertz CT molecular complexity index is 161. The van der Waals surface area contributed by atoms with E-state index in [9.17, 15) is 0 Å². The lowest BCUT2D eigenvalue weighted by atomic mass is 9.92. The molecule has 0 spiro atoms. The zero-order valence-corrected chi connectivity index (χ0v) is 8.69. The SMILES string of the molecule is C=C(N)N=CC(C)(C)CCBr. The number of aliphatic imine (C=N–C) groups is 1. The minimum Gasteiger partial charge on any atom is -0.384 e. The maximum atomic E-state index is 5.29. The zero-order chi connectivity index (χ0) is 8.91. The van der Waals surface area contributed by atoms with Crippen LogP contribution < -0.4 is 5.73 Å². The first-order chi connectivity index (χ1) is 4.98. The standard InChI is InChI=1S/C8H15BrN2/c1-7(10)11-6-8(2,3)4-5-9/h6H,1,4-5,10H2,2-3H3. The predicted molar refractivity (Wildman–Crippen MR) is 54.0 cm³/mol. The first-order valence-electron chi connectivity index (χ1n) is 3.53. The molecule has 0 aromatic rings. The highest BCUT2D eigenvalue weighted by molar-refractivity contribution is 9.09. The molecule has 0 fully saturated rings. The van der Waals surface area contributed by atoms with Crippen LogP contribution >= 0.6 is 15.9 Å². The lowest BCUT2D eigenvalue weighted by molar-refractivity contribution is 0.522. The van der Waals surface area contributed by atoms with E-state index in [1.807, 2.05) is 6.21 Å². The Hall–Kier alpha value is -0.310. The highest BCUT2D eigenvalue weighted by Crippen LogP contribution is 2.18. The number of hydrogen-bond acceptors (Lipinski definition) is 2. The van der Waals surface area contributed by atoms with Gasteiger partial charge in [-0.3, -0.25) is 0 Å². The van der Waals surface area contributed by atoms with Crippen molar-refractivity contribution in [1.82, 2.24) is 0 Å².